The van der Waals surface area contributed by atoms with E-state index in [1.54, 1.807) is 23.9 Å². The van der Waals surface area contributed by atoms with Crippen molar-refractivity contribution in [2.45, 2.75) is 56.0 Å². The number of hydrogen-bond acceptors (Lipinski definition) is 6. The topological polar surface area (TPSA) is 64.1 Å². The van der Waals surface area contributed by atoms with Gasteiger partial charge in [0, 0.05) is 11.3 Å². The van der Waals surface area contributed by atoms with Gasteiger partial charge in [-0.1, -0.05) is 80.0 Å². The van der Waals surface area contributed by atoms with Gasteiger partial charge < -0.3 is 4.74 Å². The molecule has 1 N–H and O–H groups in total. The first kappa shape index (κ1) is 23.3. The summed E-state index contributed by atoms with van der Waals surface area (Å²) in [6.45, 7) is 5.03. The van der Waals surface area contributed by atoms with Gasteiger partial charge in [-0.2, -0.15) is 0 Å². The van der Waals surface area contributed by atoms with Gasteiger partial charge in [0.15, 0.2) is 4.34 Å². The Balaban J connectivity index is 1.44. The molecule has 7 heteroatoms. The molecule has 2 aromatic carbocycles. The highest BCUT2D eigenvalue weighted by Crippen LogP contribution is 2.29. The standard InChI is InChI=1S/C24H29N3O2S2/c1-3-4-5-6-9-16-29-21-14-12-19(13-15-21)22(28)25-23-26-27-24(31-23)30-17-20-11-8-7-10-18(20)2/h7-8,10-15H,3-6,9,16-17H2,1-2H3,(H,25,26,28). The fourth-order valence-corrected chi connectivity index (χ4v) is 4.82. The van der Waals surface area contributed by atoms with Crippen molar-refractivity contribution in [1.29, 1.82) is 0 Å². The van der Waals surface area contributed by atoms with Crippen molar-refractivity contribution in [3.8, 4) is 5.75 Å². The third kappa shape index (κ3) is 7.67. The molecule has 31 heavy (non-hydrogen) atoms. The molecule has 0 aliphatic rings. The lowest BCUT2D eigenvalue weighted by Gasteiger charge is -2.07. The van der Waals surface area contributed by atoms with Crippen LogP contribution >= 0.6 is 23.1 Å². The third-order valence-electron chi connectivity index (χ3n) is 4.87. The van der Waals surface area contributed by atoms with Gasteiger partial charge in [-0.15, -0.1) is 10.2 Å². The Morgan fingerprint density at radius 3 is 2.58 bits per heavy atom. The molecule has 0 saturated carbocycles. The normalized spacial score (nSPS) is 10.8. The molecule has 1 amide bonds. The van der Waals surface area contributed by atoms with Crippen LogP contribution in [-0.4, -0.2) is 22.7 Å². The average Bonchev–Trinajstić information content (AvgIpc) is 3.23. The summed E-state index contributed by atoms with van der Waals surface area (Å²) in [5.41, 5.74) is 3.10. The number of anilines is 1. The molecule has 0 aliphatic heterocycles. The summed E-state index contributed by atoms with van der Waals surface area (Å²) in [7, 11) is 0. The molecule has 0 spiro atoms. The first-order chi connectivity index (χ1) is 15.2. The average molecular weight is 456 g/mol. The molecule has 5 nitrogen and oxygen atoms in total. The zero-order valence-electron chi connectivity index (χ0n) is 18.1. The highest BCUT2D eigenvalue weighted by atomic mass is 32.2. The molecule has 3 rings (SSSR count). The van der Waals surface area contributed by atoms with Gasteiger partial charge in [-0.25, -0.2) is 0 Å². The van der Waals surface area contributed by atoms with E-state index in [9.17, 15) is 4.79 Å². The first-order valence-corrected chi connectivity index (χ1v) is 12.5. The van der Waals surface area contributed by atoms with Crippen LogP contribution in [0.15, 0.2) is 52.9 Å². The SMILES string of the molecule is CCCCCCCOc1ccc(C(=O)Nc2nnc(SCc3ccccc3C)s2)cc1. The smallest absolute Gasteiger partial charge is 0.257 e. The monoisotopic (exact) mass is 455 g/mol. The van der Waals surface area contributed by atoms with Crippen molar-refractivity contribution in [3.63, 3.8) is 0 Å². The molecule has 0 radical (unpaired) electrons. The summed E-state index contributed by atoms with van der Waals surface area (Å²) in [6, 6.07) is 15.5. The van der Waals surface area contributed by atoms with Gasteiger partial charge >= 0.3 is 0 Å². The van der Waals surface area contributed by atoms with Gasteiger partial charge in [0.05, 0.1) is 6.61 Å². The molecule has 0 aliphatic carbocycles. The summed E-state index contributed by atoms with van der Waals surface area (Å²) in [5, 5.41) is 11.6. The van der Waals surface area contributed by atoms with Crippen LogP contribution < -0.4 is 10.1 Å². The van der Waals surface area contributed by atoms with Crippen molar-refractivity contribution < 1.29 is 9.53 Å². The molecule has 164 valence electrons. The van der Waals surface area contributed by atoms with Crippen LogP contribution in [0.2, 0.25) is 0 Å². The summed E-state index contributed by atoms with van der Waals surface area (Å²) >= 11 is 3.01. The summed E-state index contributed by atoms with van der Waals surface area (Å²) in [6.07, 6.45) is 6.04. The number of carbonyl (C=O) groups is 1. The van der Waals surface area contributed by atoms with Gasteiger partial charge in [0.2, 0.25) is 5.13 Å². The maximum atomic E-state index is 12.5. The lowest BCUT2D eigenvalue weighted by molar-refractivity contribution is 0.102. The second-order valence-corrected chi connectivity index (χ2v) is 9.53. The van der Waals surface area contributed by atoms with Crippen molar-refractivity contribution in [3.05, 3.63) is 65.2 Å². The molecule has 0 fully saturated rings. The minimum atomic E-state index is -0.197. The minimum Gasteiger partial charge on any atom is -0.494 e. The summed E-state index contributed by atoms with van der Waals surface area (Å²) < 4.78 is 6.59. The molecule has 0 bridgehead atoms. The van der Waals surface area contributed by atoms with Gasteiger partial charge in [0.25, 0.3) is 5.91 Å². The largest absolute Gasteiger partial charge is 0.494 e. The van der Waals surface area contributed by atoms with Crippen LogP contribution in [-0.2, 0) is 5.75 Å². The van der Waals surface area contributed by atoms with E-state index in [-0.39, 0.29) is 5.91 Å². The second kappa shape index (κ2) is 12.5. The molecule has 1 aromatic heterocycles. The molecule has 0 unspecified atom stereocenters. The Bertz CT molecular complexity index is 957. The second-order valence-electron chi connectivity index (χ2n) is 7.33. The van der Waals surface area contributed by atoms with E-state index in [1.165, 1.54) is 48.1 Å². The zero-order valence-corrected chi connectivity index (χ0v) is 19.7. The molecular formula is C24H29N3O2S2. The highest BCUT2D eigenvalue weighted by molar-refractivity contribution is 8.00. The molecule has 0 atom stereocenters. The number of nitrogens with one attached hydrogen (secondary N) is 1. The summed E-state index contributed by atoms with van der Waals surface area (Å²) in [4.78, 5) is 12.5. The number of rotatable bonds is 12. The van der Waals surface area contributed by atoms with E-state index in [4.69, 9.17) is 4.74 Å². The van der Waals surface area contributed by atoms with Gasteiger partial charge in [0.1, 0.15) is 5.75 Å². The van der Waals surface area contributed by atoms with Crippen LogP contribution in [0.25, 0.3) is 0 Å². The van der Waals surface area contributed by atoms with E-state index < -0.39 is 0 Å². The van der Waals surface area contributed by atoms with E-state index in [0.29, 0.717) is 17.3 Å². The Hall–Kier alpha value is -2.38. The number of aryl methyl sites for hydroxylation is 1. The van der Waals surface area contributed by atoms with Crippen LogP contribution in [0, 0.1) is 6.92 Å². The van der Waals surface area contributed by atoms with Crippen LogP contribution in [0.1, 0.15) is 60.5 Å². The van der Waals surface area contributed by atoms with Crippen molar-refractivity contribution in [2.75, 3.05) is 11.9 Å². The highest BCUT2D eigenvalue weighted by Gasteiger charge is 2.11. The van der Waals surface area contributed by atoms with E-state index >= 15 is 0 Å². The lowest BCUT2D eigenvalue weighted by Crippen LogP contribution is -2.11. The number of carbonyl (C=O) groups excluding carboxylic acids is 1. The fourth-order valence-electron chi connectivity index (χ4n) is 3.00. The first-order valence-electron chi connectivity index (χ1n) is 10.7. The van der Waals surface area contributed by atoms with E-state index in [0.717, 1.165) is 22.3 Å². The van der Waals surface area contributed by atoms with Gasteiger partial charge in [-0.3, -0.25) is 10.1 Å². The van der Waals surface area contributed by atoms with Crippen molar-refractivity contribution in [2.24, 2.45) is 0 Å². The van der Waals surface area contributed by atoms with Crippen LogP contribution in [0.4, 0.5) is 5.13 Å². The maximum Gasteiger partial charge on any atom is 0.257 e. The van der Waals surface area contributed by atoms with E-state index in [2.05, 4.69) is 41.5 Å². The summed E-state index contributed by atoms with van der Waals surface area (Å²) in [5.74, 6) is 1.42. The van der Waals surface area contributed by atoms with E-state index in [1.807, 2.05) is 24.3 Å². The molecular weight excluding hydrogens is 426 g/mol. The number of ether oxygens (including phenoxy) is 1. The Morgan fingerprint density at radius 2 is 1.81 bits per heavy atom. The molecule has 3 aromatic rings. The lowest BCUT2D eigenvalue weighted by atomic mass is 10.1. The number of aromatic nitrogens is 2. The fraction of sp³-hybridized carbons (Fsp3) is 0.375. The number of unbranched alkanes of at least 4 members (excludes halogenated alkanes) is 4. The number of nitrogens with zero attached hydrogens (tertiary/aromatic N) is 2. The number of benzene rings is 2. The van der Waals surface area contributed by atoms with Gasteiger partial charge in [-0.05, 0) is 48.7 Å². The Morgan fingerprint density at radius 1 is 1.03 bits per heavy atom. The molecule has 0 saturated heterocycles. The minimum absolute atomic E-state index is 0.197. The maximum absolute atomic E-state index is 12.5. The number of amides is 1. The molecule has 1 heterocycles. The predicted octanol–water partition coefficient (Wildman–Crippen LogP) is 6.74. The quantitative estimate of drug-likeness (QED) is 0.186. The van der Waals surface area contributed by atoms with Crippen molar-refractivity contribution >= 4 is 34.1 Å². The van der Waals surface area contributed by atoms with Crippen molar-refractivity contribution in [1.82, 2.24) is 10.2 Å². The van der Waals surface area contributed by atoms with Crippen LogP contribution in [0.3, 0.4) is 0 Å². The Kier molecular flexibility index (Phi) is 9.37. The Labute approximate surface area is 192 Å². The number of hydrogen-bond donors (Lipinski definition) is 1. The van der Waals surface area contributed by atoms with Crippen LogP contribution in [0.5, 0.6) is 5.75 Å². The number of thioether (sulfide) groups is 1. The zero-order chi connectivity index (χ0) is 21.9. The predicted molar refractivity (Wildman–Crippen MR) is 129 cm³/mol. The third-order valence-corrected chi connectivity index (χ3v) is 6.89.